The molecule has 0 spiro atoms. The third-order valence-corrected chi connectivity index (χ3v) is 9.62. The van der Waals surface area contributed by atoms with Gasteiger partial charge in [-0.3, -0.25) is 14.5 Å². The first-order valence-corrected chi connectivity index (χ1v) is 18.1. The summed E-state index contributed by atoms with van der Waals surface area (Å²) in [5.74, 6) is -0.910. The van der Waals surface area contributed by atoms with Gasteiger partial charge in [0.15, 0.2) is 6.23 Å². The Bertz CT molecular complexity index is 2000. The zero-order valence-electron chi connectivity index (χ0n) is 30.5. The minimum absolute atomic E-state index is 0.0760. The summed E-state index contributed by atoms with van der Waals surface area (Å²) in [6, 6.07) is 14.0. The Morgan fingerprint density at radius 1 is 1.00 bits per heavy atom. The first kappa shape index (κ1) is 38.6. The number of aromatic nitrogens is 3. The van der Waals surface area contributed by atoms with Gasteiger partial charge < -0.3 is 19.7 Å². The minimum Gasteiger partial charge on any atom is -0.473 e. The Hall–Kier alpha value is -5.08. The molecular weight excluding hydrogens is 704 g/mol. The van der Waals surface area contributed by atoms with Gasteiger partial charge in [-0.25, -0.2) is 9.67 Å². The number of ether oxygens (including phenoxy) is 2. The third kappa shape index (κ3) is 9.34. The van der Waals surface area contributed by atoms with Gasteiger partial charge in [0.05, 0.1) is 17.3 Å². The Kier molecular flexibility index (Phi) is 12.1. The summed E-state index contributed by atoms with van der Waals surface area (Å²) in [6.07, 6.45) is 2.44. The van der Waals surface area contributed by atoms with Crippen LogP contribution < -0.4 is 10.1 Å². The number of amides is 2. The van der Waals surface area contributed by atoms with Crippen molar-refractivity contribution in [3.05, 3.63) is 101 Å². The summed E-state index contributed by atoms with van der Waals surface area (Å²) >= 11 is 0. The number of allylic oxidation sites excluding steroid dienone is 1. The van der Waals surface area contributed by atoms with Crippen LogP contribution in [-0.4, -0.2) is 96.0 Å². The molecular formula is C40H44F4N6O4. The van der Waals surface area contributed by atoms with Crippen molar-refractivity contribution in [2.75, 3.05) is 47.4 Å². The molecule has 286 valence electrons. The maximum Gasteiger partial charge on any atom is 0.393 e. The highest BCUT2D eigenvalue weighted by molar-refractivity contribution is 6.01. The number of nitrogens with one attached hydrogen (secondary N) is 1. The van der Waals surface area contributed by atoms with Gasteiger partial charge in [0.1, 0.15) is 6.10 Å². The molecule has 0 radical (unpaired) electrons. The summed E-state index contributed by atoms with van der Waals surface area (Å²) in [5, 5.41) is 6.80. The van der Waals surface area contributed by atoms with E-state index < -0.39 is 24.8 Å². The average Bonchev–Trinajstić information content (AvgIpc) is 3.50. The lowest BCUT2D eigenvalue weighted by Crippen LogP contribution is -2.41. The minimum atomic E-state index is -4.61. The number of nitrogens with zero attached hydrogens (tertiary/aromatic N) is 5. The van der Waals surface area contributed by atoms with E-state index >= 15 is 4.39 Å². The van der Waals surface area contributed by atoms with Crippen LogP contribution in [0.3, 0.4) is 0 Å². The maximum absolute atomic E-state index is 15.5. The molecule has 0 saturated carbocycles. The van der Waals surface area contributed by atoms with Gasteiger partial charge in [-0.2, -0.15) is 17.6 Å². The number of halogens is 4. The lowest BCUT2D eigenvalue weighted by Gasteiger charge is -2.31. The number of rotatable bonds is 11. The molecule has 2 saturated heterocycles. The van der Waals surface area contributed by atoms with Crippen molar-refractivity contribution in [1.29, 1.82) is 0 Å². The molecule has 54 heavy (non-hydrogen) atoms. The van der Waals surface area contributed by atoms with Crippen molar-refractivity contribution in [2.24, 2.45) is 0 Å². The molecule has 6 rings (SSSR count). The van der Waals surface area contributed by atoms with Gasteiger partial charge >= 0.3 is 6.18 Å². The van der Waals surface area contributed by atoms with Crippen LogP contribution in [0, 0.1) is 5.95 Å². The van der Waals surface area contributed by atoms with Crippen molar-refractivity contribution >= 4 is 33.9 Å². The average molecular weight is 749 g/mol. The van der Waals surface area contributed by atoms with Gasteiger partial charge in [-0.15, -0.1) is 5.10 Å². The number of fused-ring (bicyclic) bond motifs is 1. The molecule has 2 fully saturated rings. The Morgan fingerprint density at radius 3 is 2.41 bits per heavy atom. The van der Waals surface area contributed by atoms with E-state index in [1.807, 2.05) is 6.08 Å². The monoisotopic (exact) mass is 748 g/mol. The molecule has 0 aliphatic carbocycles. The largest absolute Gasteiger partial charge is 0.473 e. The molecule has 4 aromatic rings. The van der Waals surface area contributed by atoms with Crippen LogP contribution >= 0.6 is 0 Å². The number of piperidine rings is 1. The molecule has 10 nitrogen and oxygen atoms in total. The smallest absolute Gasteiger partial charge is 0.393 e. The zero-order valence-corrected chi connectivity index (χ0v) is 30.5. The van der Waals surface area contributed by atoms with Gasteiger partial charge in [0.2, 0.25) is 17.7 Å². The molecule has 2 unspecified atom stereocenters. The quantitative estimate of drug-likeness (QED) is 0.0999. The number of carbonyl (C=O) groups excluding carboxylic acids is 2. The van der Waals surface area contributed by atoms with Crippen molar-refractivity contribution in [2.45, 2.75) is 57.0 Å². The van der Waals surface area contributed by atoms with Crippen LogP contribution in [0.5, 0.6) is 5.88 Å². The first-order chi connectivity index (χ1) is 25.9. The molecule has 0 bridgehead atoms. The topological polar surface area (TPSA) is 102 Å². The van der Waals surface area contributed by atoms with Crippen LogP contribution in [0.15, 0.2) is 72.9 Å². The zero-order chi connectivity index (χ0) is 38.4. The Morgan fingerprint density at radius 2 is 1.74 bits per heavy atom. The molecule has 2 atom stereocenters. The number of hydrogen-bond acceptors (Lipinski definition) is 7. The standard InChI is InChI=1S/C40H44F4N6O4/c1-45-39(52)27-13-11-26(12-14-27)32(23-40(42,43)44)37(28-15-17-33-31(22-28)38(41)47-50(33)36-10-4-5-21-53-36)29-16-18-34(46-24-29)54-30-8-6-19-49(25-30)20-7-9-35(51)48(2)3/h7,9,11-18,22,24,30,36H,4-6,8,10,19-21,23,25H2,1-3H3,(H,45,52)/b9-7+,37-32-. The third-order valence-electron chi connectivity index (χ3n) is 9.62. The second-order valence-corrected chi connectivity index (χ2v) is 13.8. The molecule has 4 heterocycles. The van der Waals surface area contributed by atoms with E-state index in [1.165, 1.54) is 53.2 Å². The van der Waals surface area contributed by atoms with Gasteiger partial charge in [0.25, 0.3) is 5.91 Å². The molecule has 2 amide bonds. The predicted molar refractivity (Wildman–Crippen MR) is 197 cm³/mol. The summed E-state index contributed by atoms with van der Waals surface area (Å²) in [6.45, 7) is 2.58. The molecule has 2 aliphatic rings. The van der Waals surface area contributed by atoms with Gasteiger partial charge in [-0.05, 0) is 91.3 Å². The SMILES string of the molecule is CNC(=O)c1ccc(/C(CC(F)(F)F)=C(\c2ccc(OC3CCCN(C/C=C/C(=O)N(C)C)C3)nc2)c2ccc3c(c2)c(F)nn3C2CCCCO2)cc1. The van der Waals surface area contributed by atoms with E-state index in [4.69, 9.17) is 9.47 Å². The second kappa shape index (κ2) is 16.9. The van der Waals surface area contributed by atoms with E-state index in [0.29, 0.717) is 48.6 Å². The molecule has 1 N–H and O–H groups in total. The van der Waals surface area contributed by atoms with E-state index in [1.54, 1.807) is 44.4 Å². The first-order valence-electron chi connectivity index (χ1n) is 18.1. The number of benzene rings is 2. The van der Waals surface area contributed by atoms with Gasteiger partial charge in [0, 0.05) is 70.3 Å². The van der Waals surface area contributed by atoms with Crippen LogP contribution in [0.4, 0.5) is 17.6 Å². The Balaban J connectivity index is 1.37. The van der Waals surface area contributed by atoms with Crippen LogP contribution in [0.1, 0.15) is 71.8 Å². The summed E-state index contributed by atoms with van der Waals surface area (Å²) in [5.41, 5.74) is 1.82. The molecule has 2 aliphatic heterocycles. The van der Waals surface area contributed by atoms with E-state index in [2.05, 4.69) is 20.3 Å². The molecule has 2 aromatic heterocycles. The van der Waals surface area contributed by atoms with E-state index in [0.717, 1.165) is 32.2 Å². The van der Waals surface area contributed by atoms with Crippen LogP contribution in [0.25, 0.3) is 22.0 Å². The number of carbonyl (C=O) groups is 2. The highest BCUT2D eigenvalue weighted by Crippen LogP contribution is 2.41. The second-order valence-electron chi connectivity index (χ2n) is 13.8. The predicted octanol–water partition coefficient (Wildman–Crippen LogP) is 7.03. The fraction of sp³-hybridized carbons (Fsp3) is 0.400. The fourth-order valence-electron chi connectivity index (χ4n) is 6.91. The molecule has 14 heteroatoms. The highest BCUT2D eigenvalue weighted by Gasteiger charge is 2.32. The summed E-state index contributed by atoms with van der Waals surface area (Å²) < 4.78 is 72.4. The molecule has 2 aromatic carbocycles. The number of hydrogen-bond donors (Lipinski definition) is 1. The summed E-state index contributed by atoms with van der Waals surface area (Å²) in [7, 11) is 4.86. The number of likely N-dealkylation sites (tertiary alicyclic amines) is 1. The fourth-order valence-corrected chi connectivity index (χ4v) is 6.91. The van der Waals surface area contributed by atoms with E-state index in [9.17, 15) is 22.8 Å². The van der Waals surface area contributed by atoms with Crippen molar-refractivity contribution in [3.8, 4) is 5.88 Å². The Labute approximate surface area is 311 Å². The van der Waals surface area contributed by atoms with Gasteiger partial charge in [-0.1, -0.05) is 24.3 Å². The highest BCUT2D eigenvalue weighted by atomic mass is 19.4. The van der Waals surface area contributed by atoms with Crippen molar-refractivity contribution < 1.29 is 36.6 Å². The maximum atomic E-state index is 15.5. The number of alkyl halides is 3. The van der Waals surface area contributed by atoms with E-state index in [-0.39, 0.29) is 45.6 Å². The number of pyridine rings is 1. The van der Waals surface area contributed by atoms with Crippen LogP contribution in [0.2, 0.25) is 0 Å². The summed E-state index contributed by atoms with van der Waals surface area (Å²) in [4.78, 5) is 32.4. The lowest BCUT2D eigenvalue weighted by molar-refractivity contribution is -0.124. The van der Waals surface area contributed by atoms with Crippen molar-refractivity contribution in [3.63, 3.8) is 0 Å². The lowest BCUT2D eigenvalue weighted by atomic mass is 9.87. The van der Waals surface area contributed by atoms with Crippen LogP contribution in [-0.2, 0) is 9.53 Å². The number of likely N-dealkylation sites (N-methyl/N-ethyl adjacent to an activating group) is 1. The normalized spacial score (nSPS) is 18.8. The van der Waals surface area contributed by atoms with Crippen molar-refractivity contribution in [1.82, 2.24) is 29.9 Å².